The van der Waals surface area contributed by atoms with E-state index in [0.29, 0.717) is 6.42 Å². The molecule has 1 aliphatic rings. The normalized spacial score (nSPS) is 22.8. The van der Waals surface area contributed by atoms with Crippen LogP contribution in [0.1, 0.15) is 83.8 Å². The highest BCUT2D eigenvalue weighted by Crippen LogP contribution is 2.23. The molecule has 9 heteroatoms. The lowest BCUT2D eigenvalue weighted by molar-refractivity contribution is -0.158. The van der Waals surface area contributed by atoms with Crippen LogP contribution < -0.4 is 16.0 Å². The van der Waals surface area contributed by atoms with E-state index in [1.54, 1.807) is 0 Å². The monoisotopic (exact) mass is 630 g/mol. The van der Waals surface area contributed by atoms with E-state index >= 15 is 0 Å². The summed E-state index contributed by atoms with van der Waals surface area (Å²) in [6.45, 7) is 7.99. The van der Waals surface area contributed by atoms with Crippen molar-refractivity contribution in [2.75, 3.05) is 0 Å². The van der Waals surface area contributed by atoms with Gasteiger partial charge in [-0.15, -0.1) is 0 Å². The van der Waals surface area contributed by atoms with Gasteiger partial charge in [-0.05, 0) is 35.4 Å². The third kappa shape index (κ3) is 9.44. The molecule has 0 radical (unpaired) electrons. The van der Waals surface area contributed by atoms with Gasteiger partial charge in [-0.25, -0.2) is 4.79 Å². The Morgan fingerprint density at radius 1 is 0.783 bits per heavy atom. The van der Waals surface area contributed by atoms with Crippen molar-refractivity contribution in [3.63, 3.8) is 0 Å². The number of para-hydroxylation sites is 1. The summed E-state index contributed by atoms with van der Waals surface area (Å²) in [6.07, 6.45) is 7.18. The number of carbonyl (C=O) groups is 4. The van der Waals surface area contributed by atoms with Crippen molar-refractivity contribution in [3.05, 3.63) is 71.9 Å². The van der Waals surface area contributed by atoms with Crippen LogP contribution in [0.2, 0.25) is 0 Å². The first-order chi connectivity index (χ1) is 22.2. The summed E-state index contributed by atoms with van der Waals surface area (Å²) in [5, 5.41) is 9.74. The number of cyclic esters (lactones) is 1. The fraction of sp³-hybridized carbons (Fsp3) is 0.514. The molecule has 3 amide bonds. The van der Waals surface area contributed by atoms with E-state index in [4.69, 9.17) is 4.74 Å². The van der Waals surface area contributed by atoms with Crippen LogP contribution in [0.5, 0.6) is 0 Å². The number of hydrogen-bond acceptors (Lipinski definition) is 5. The largest absolute Gasteiger partial charge is 0.460 e. The van der Waals surface area contributed by atoms with Crippen LogP contribution >= 0.6 is 0 Å². The molecule has 0 aliphatic carbocycles. The molecule has 0 unspecified atom stereocenters. The quantitative estimate of drug-likeness (QED) is 0.158. The van der Waals surface area contributed by atoms with Gasteiger partial charge in [-0.1, -0.05) is 108 Å². The molecule has 0 spiro atoms. The molecule has 1 fully saturated rings. The molecular weight excluding hydrogens is 580 g/mol. The molecule has 2 aromatic carbocycles. The van der Waals surface area contributed by atoms with Crippen molar-refractivity contribution >= 4 is 34.6 Å². The number of benzene rings is 2. The summed E-state index contributed by atoms with van der Waals surface area (Å²) in [5.74, 6) is -2.18. The summed E-state index contributed by atoms with van der Waals surface area (Å²) in [5.41, 5.74) is 2.65. The fourth-order valence-electron chi connectivity index (χ4n) is 6.08. The van der Waals surface area contributed by atoms with E-state index in [2.05, 4.69) is 27.9 Å². The van der Waals surface area contributed by atoms with Gasteiger partial charge in [0, 0.05) is 29.9 Å². The predicted octanol–water partition coefficient (Wildman–Crippen LogP) is 5.38. The lowest BCUT2D eigenvalue weighted by Crippen LogP contribution is -2.57. The Balaban J connectivity index is 1.68. The molecule has 0 saturated carbocycles. The standard InChI is InChI=1S/C37H50N4O5/c1-5-7-8-10-15-25(4)32-22-33(42)39-31(21-27-23-38-29-19-14-13-18-28(27)29)35(43)40-30(20-26-16-11-9-12-17-26)36(44)41-34(24(3)6-2)37(45)46-32/h9,11-14,16-19,23-25,30-32,34,38H,5-8,10,15,20-22H2,1-4H3,(H,39,42)(H,40,43)(H,41,44)/t24-,25-,30-,31-,32-,34+/m0/s1. The third-order valence-corrected chi connectivity index (χ3v) is 9.23. The van der Waals surface area contributed by atoms with Crippen molar-refractivity contribution in [1.82, 2.24) is 20.9 Å². The number of carbonyl (C=O) groups excluding carboxylic acids is 4. The number of rotatable bonds is 12. The molecule has 2 heterocycles. The molecule has 248 valence electrons. The number of esters is 1. The lowest BCUT2D eigenvalue weighted by Gasteiger charge is -2.29. The van der Waals surface area contributed by atoms with E-state index in [9.17, 15) is 19.2 Å². The van der Waals surface area contributed by atoms with Crippen LogP contribution in [-0.2, 0) is 36.8 Å². The summed E-state index contributed by atoms with van der Waals surface area (Å²) in [7, 11) is 0. The van der Waals surface area contributed by atoms with Crippen molar-refractivity contribution in [2.45, 2.75) is 110 Å². The molecule has 0 bridgehead atoms. The van der Waals surface area contributed by atoms with Gasteiger partial charge in [0.15, 0.2) is 0 Å². The summed E-state index contributed by atoms with van der Waals surface area (Å²) < 4.78 is 6.09. The maximum Gasteiger partial charge on any atom is 0.329 e. The minimum atomic E-state index is -0.981. The highest BCUT2D eigenvalue weighted by atomic mass is 16.5. The first-order valence-electron chi connectivity index (χ1n) is 16.9. The second-order valence-electron chi connectivity index (χ2n) is 12.8. The smallest absolute Gasteiger partial charge is 0.329 e. The average molecular weight is 631 g/mol. The fourth-order valence-corrected chi connectivity index (χ4v) is 6.08. The van der Waals surface area contributed by atoms with Crippen molar-refractivity contribution < 1.29 is 23.9 Å². The van der Waals surface area contributed by atoms with Crippen LogP contribution in [0.4, 0.5) is 0 Å². The number of H-pyrrole nitrogens is 1. The summed E-state index contributed by atoms with van der Waals surface area (Å²) in [4.78, 5) is 58.5. The molecule has 46 heavy (non-hydrogen) atoms. The minimum Gasteiger partial charge on any atom is -0.460 e. The van der Waals surface area contributed by atoms with Crippen LogP contribution in [0.25, 0.3) is 10.9 Å². The van der Waals surface area contributed by atoms with Crippen LogP contribution in [0.3, 0.4) is 0 Å². The molecule has 4 N–H and O–H groups in total. The average Bonchev–Trinajstić information content (AvgIpc) is 3.46. The molecule has 1 saturated heterocycles. The zero-order valence-electron chi connectivity index (χ0n) is 27.6. The molecule has 1 aromatic heterocycles. The van der Waals surface area contributed by atoms with Crippen LogP contribution in [0.15, 0.2) is 60.8 Å². The van der Waals surface area contributed by atoms with Crippen molar-refractivity contribution in [3.8, 4) is 0 Å². The zero-order chi connectivity index (χ0) is 33.1. The number of aromatic amines is 1. The van der Waals surface area contributed by atoms with Crippen LogP contribution in [0, 0.1) is 11.8 Å². The topological polar surface area (TPSA) is 129 Å². The van der Waals surface area contributed by atoms with E-state index in [-0.39, 0.29) is 37.0 Å². The van der Waals surface area contributed by atoms with E-state index < -0.39 is 42.0 Å². The van der Waals surface area contributed by atoms with Gasteiger partial charge in [-0.3, -0.25) is 14.4 Å². The zero-order valence-corrected chi connectivity index (χ0v) is 27.6. The maximum absolute atomic E-state index is 14.0. The number of hydrogen-bond donors (Lipinski definition) is 4. The Morgan fingerprint density at radius 2 is 1.48 bits per heavy atom. The Morgan fingerprint density at radius 3 is 2.22 bits per heavy atom. The summed E-state index contributed by atoms with van der Waals surface area (Å²) in [6, 6.07) is 14.3. The first kappa shape index (κ1) is 34.7. The van der Waals surface area contributed by atoms with Crippen molar-refractivity contribution in [1.29, 1.82) is 0 Å². The molecular formula is C37H50N4O5. The lowest BCUT2D eigenvalue weighted by atomic mass is 9.93. The first-order valence-corrected chi connectivity index (χ1v) is 16.9. The van der Waals surface area contributed by atoms with E-state index in [1.807, 2.05) is 81.6 Å². The Labute approximate surface area is 272 Å². The van der Waals surface area contributed by atoms with E-state index in [1.165, 1.54) is 0 Å². The maximum atomic E-state index is 14.0. The van der Waals surface area contributed by atoms with E-state index in [0.717, 1.165) is 54.1 Å². The second-order valence-corrected chi connectivity index (χ2v) is 12.8. The molecule has 9 nitrogen and oxygen atoms in total. The van der Waals surface area contributed by atoms with Gasteiger partial charge in [0.25, 0.3) is 0 Å². The number of aromatic nitrogens is 1. The number of amides is 3. The van der Waals surface area contributed by atoms with Gasteiger partial charge in [0.1, 0.15) is 24.2 Å². The second kappa shape index (κ2) is 17.0. The van der Waals surface area contributed by atoms with Crippen molar-refractivity contribution in [2.24, 2.45) is 11.8 Å². The van der Waals surface area contributed by atoms with Gasteiger partial charge in [-0.2, -0.15) is 0 Å². The molecule has 3 aromatic rings. The van der Waals surface area contributed by atoms with Gasteiger partial charge >= 0.3 is 5.97 Å². The highest BCUT2D eigenvalue weighted by Gasteiger charge is 2.36. The third-order valence-electron chi connectivity index (χ3n) is 9.23. The molecule has 4 rings (SSSR count). The Bertz CT molecular complexity index is 1450. The van der Waals surface area contributed by atoms with Crippen LogP contribution in [-0.4, -0.2) is 52.9 Å². The number of ether oxygens (including phenoxy) is 1. The molecule has 1 aliphatic heterocycles. The predicted molar refractivity (Wildman–Crippen MR) is 180 cm³/mol. The van der Waals surface area contributed by atoms with Gasteiger partial charge < -0.3 is 25.7 Å². The number of nitrogens with one attached hydrogen (secondary N) is 4. The van der Waals surface area contributed by atoms with Gasteiger partial charge in [0.2, 0.25) is 17.7 Å². The number of unbranched alkanes of at least 4 members (excludes halogenated alkanes) is 3. The Hall–Kier alpha value is -4.14. The Kier molecular flexibility index (Phi) is 12.8. The summed E-state index contributed by atoms with van der Waals surface area (Å²) >= 11 is 0. The van der Waals surface area contributed by atoms with Gasteiger partial charge in [0.05, 0.1) is 6.42 Å². The molecule has 6 atom stereocenters. The highest BCUT2D eigenvalue weighted by molar-refractivity contribution is 5.95. The number of fused-ring (bicyclic) bond motifs is 1. The SMILES string of the molecule is CCCCCC[C@H](C)[C@@H]1CC(=O)N[C@@H](Cc2c[nH]c3ccccc23)C(=O)N[C@@H](Cc2ccccc2)C(=O)N[C@H]([C@@H](C)CC)C(=O)O1. The minimum absolute atomic E-state index is 0.0764.